The number of nitro benzene ring substituents is 1. The number of aryl methyl sites for hydroxylation is 1. The average molecular weight is 398 g/mol. The Labute approximate surface area is 166 Å². The topological polar surface area (TPSA) is 98.0 Å². The fourth-order valence-corrected chi connectivity index (χ4v) is 6.93. The molecule has 4 fully saturated rings. The molecule has 0 spiro atoms. The summed E-state index contributed by atoms with van der Waals surface area (Å²) in [5, 5.41) is 24.1. The molecule has 1 heterocycles. The molecule has 6 rings (SSSR count). The van der Waals surface area contributed by atoms with Crippen molar-refractivity contribution in [1.29, 1.82) is 0 Å². The monoisotopic (exact) mass is 398 g/mol. The largest absolute Gasteiger partial charge is 0.296 e. The van der Waals surface area contributed by atoms with Crippen LogP contribution in [0.3, 0.4) is 0 Å². The van der Waals surface area contributed by atoms with Gasteiger partial charge in [-0.1, -0.05) is 17.4 Å². The molecule has 1 N–H and O–H groups in total. The lowest BCUT2D eigenvalue weighted by atomic mass is 9.50. The molecular formula is C20H22N4O3S. The molecule has 1 aromatic carbocycles. The van der Waals surface area contributed by atoms with Crippen LogP contribution in [0.1, 0.15) is 59.5 Å². The summed E-state index contributed by atoms with van der Waals surface area (Å²) < 4.78 is 0. The molecule has 4 saturated carbocycles. The second kappa shape index (κ2) is 6.34. The molecule has 7 nitrogen and oxygen atoms in total. The Morgan fingerprint density at radius 1 is 1.18 bits per heavy atom. The highest BCUT2D eigenvalue weighted by atomic mass is 32.1. The van der Waals surface area contributed by atoms with Crippen molar-refractivity contribution < 1.29 is 9.72 Å². The van der Waals surface area contributed by atoms with Gasteiger partial charge in [0, 0.05) is 22.6 Å². The third kappa shape index (κ3) is 2.90. The van der Waals surface area contributed by atoms with Crippen molar-refractivity contribution in [2.75, 3.05) is 5.32 Å². The molecule has 0 saturated heterocycles. The maximum Gasteiger partial charge on any atom is 0.273 e. The van der Waals surface area contributed by atoms with Gasteiger partial charge in [-0.3, -0.25) is 20.2 Å². The molecule has 146 valence electrons. The van der Waals surface area contributed by atoms with E-state index in [9.17, 15) is 14.9 Å². The minimum Gasteiger partial charge on any atom is -0.296 e. The van der Waals surface area contributed by atoms with Crippen LogP contribution < -0.4 is 5.32 Å². The number of carbonyl (C=O) groups excluding carboxylic acids is 1. The molecule has 0 radical (unpaired) electrons. The van der Waals surface area contributed by atoms with Gasteiger partial charge in [0.25, 0.3) is 11.6 Å². The lowest BCUT2D eigenvalue weighted by Gasteiger charge is -2.55. The van der Waals surface area contributed by atoms with E-state index in [0.29, 0.717) is 10.7 Å². The molecule has 2 aromatic rings. The van der Waals surface area contributed by atoms with Gasteiger partial charge >= 0.3 is 0 Å². The summed E-state index contributed by atoms with van der Waals surface area (Å²) in [6.45, 7) is 1.66. The SMILES string of the molecule is Cc1ccc(C(=O)Nc2nnc(C34CC5CC(CC(C5)C3)C4)s2)cc1[N+](=O)[O-]. The number of amides is 1. The number of nitro groups is 1. The van der Waals surface area contributed by atoms with E-state index >= 15 is 0 Å². The molecule has 0 aliphatic heterocycles. The van der Waals surface area contributed by atoms with Crippen LogP contribution in [-0.4, -0.2) is 21.0 Å². The Balaban J connectivity index is 1.35. The summed E-state index contributed by atoms with van der Waals surface area (Å²) >= 11 is 1.47. The Morgan fingerprint density at radius 3 is 2.43 bits per heavy atom. The van der Waals surface area contributed by atoms with E-state index in [1.54, 1.807) is 19.1 Å². The number of hydrogen-bond acceptors (Lipinski definition) is 6. The Kier molecular flexibility index (Phi) is 4.01. The number of nitrogens with zero attached hydrogens (tertiary/aromatic N) is 3. The fourth-order valence-electron chi connectivity index (χ4n) is 5.98. The van der Waals surface area contributed by atoms with Gasteiger partial charge in [0.15, 0.2) is 0 Å². The fraction of sp³-hybridized carbons (Fsp3) is 0.550. The van der Waals surface area contributed by atoms with Crippen LogP contribution in [-0.2, 0) is 5.41 Å². The van der Waals surface area contributed by atoms with E-state index in [2.05, 4.69) is 15.5 Å². The predicted octanol–water partition coefficient (Wildman–Crippen LogP) is 4.47. The van der Waals surface area contributed by atoms with Gasteiger partial charge in [-0.25, -0.2) is 0 Å². The highest BCUT2D eigenvalue weighted by molar-refractivity contribution is 7.15. The zero-order chi connectivity index (χ0) is 19.5. The molecule has 1 aromatic heterocycles. The van der Waals surface area contributed by atoms with Gasteiger partial charge in [0.1, 0.15) is 5.01 Å². The van der Waals surface area contributed by atoms with E-state index in [1.165, 1.54) is 55.9 Å². The van der Waals surface area contributed by atoms with Crippen LogP contribution in [0, 0.1) is 34.8 Å². The van der Waals surface area contributed by atoms with Gasteiger partial charge in [0.05, 0.1) is 4.92 Å². The number of anilines is 1. The van der Waals surface area contributed by atoms with Crippen LogP contribution in [0.4, 0.5) is 10.8 Å². The summed E-state index contributed by atoms with van der Waals surface area (Å²) in [6, 6.07) is 4.50. The summed E-state index contributed by atoms with van der Waals surface area (Å²) in [5.74, 6) is 2.07. The minimum absolute atomic E-state index is 0.0563. The zero-order valence-corrected chi connectivity index (χ0v) is 16.5. The first-order valence-electron chi connectivity index (χ1n) is 9.82. The van der Waals surface area contributed by atoms with Gasteiger partial charge < -0.3 is 0 Å². The number of rotatable bonds is 4. The van der Waals surface area contributed by atoms with Crippen molar-refractivity contribution in [3.05, 3.63) is 44.4 Å². The average Bonchev–Trinajstić information content (AvgIpc) is 3.10. The molecule has 28 heavy (non-hydrogen) atoms. The minimum atomic E-state index is -0.470. The Bertz CT molecular complexity index is 935. The summed E-state index contributed by atoms with van der Waals surface area (Å²) in [7, 11) is 0. The van der Waals surface area contributed by atoms with Crippen molar-refractivity contribution in [2.24, 2.45) is 17.8 Å². The van der Waals surface area contributed by atoms with Crippen molar-refractivity contribution in [2.45, 2.75) is 50.9 Å². The number of carbonyl (C=O) groups is 1. The van der Waals surface area contributed by atoms with Crippen molar-refractivity contribution in [1.82, 2.24) is 10.2 Å². The van der Waals surface area contributed by atoms with Crippen LogP contribution in [0.2, 0.25) is 0 Å². The molecule has 4 aliphatic rings. The first-order valence-corrected chi connectivity index (χ1v) is 10.6. The number of hydrogen-bond donors (Lipinski definition) is 1. The zero-order valence-electron chi connectivity index (χ0n) is 15.7. The van der Waals surface area contributed by atoms with Gasteiger partial charge in [-0.2, -0.15) is 0 Å². The summed E-state index contributed by atoms with van der Waals surface area (Å²) in [4.78, 5) is 23.2. The van der Waals surface area contributed by atoms with Crippen molar-refractivity contribution in [3.63, 3.8) is 0 Å². The second-order valence-electron chi connectivity index (χ2n) is 8.82. The molecule has 8 heteroatoms. The quantitative estimate of drug-likeness (QED) is 0.605. The Morgan fingerprint density at radius 2 is 1.82 bits per heavy atom. The third-order valence-electron chi connectivity index (χ3n) is 6.81. The molecule has 1 amide bonds. The van der Waals surface area contributed by atoms with Gasteiger partial charge in [-0.05, 0) is 69.3 Å². The van der Waals surface area contributed by atoms with Crippen LogP contribution in [0.25, 0.3) is 0 Å². The normalized spacial score (nSPS) is 30.4. The molecule has 4 aliphatic carbocycles. The smallest absolute Gasteiger partial charge is 0.273 e. The predicted molar refractivity (Wildman–Crippen MR) is 106 cm³/mol. The van der Waals surface area contributed by atoms with Crippen LogP contribution >= 0.6 is 11.3 Å². The maximum atomic E-state index is 12.6. The molecular weight excluding hydrogens is 376 g/mol. The van der Waals surface area contributed by atoms with Gasteiger partial charge in [0.2, 0.25) is 5.13 Å². The van der Waals surface area contributed by atoms with E-state index in [1.807, 2.05) is 0 Å². The van der Waals surface area contributed by atoms with Crippen molar-refractivity contribution in [3.8, 4) is 0 Å². The first-order chi connectivity index (χ1) is 13.4. The van der Waals surface area contributed by atoms with Gasteiger partial charge in [-0.15, -0.1) is 10.2 Å². The summed E-state index contributed by atoms with van der Waals surface area (Å²) in [6.07, 6.45) is 7.71. The molecule has 4 bridgehead atoms. The standard InChI is InChI=1S/C20H22N4O3S/c1-11-2-3-15(7-16(11)24(26)27)17(25)21-19-23-22-18(28-19)20-8-12-4-13(9-20)6-14(5-12)10-20/h2-3,7,12-14H,4-6,8-10H2,1H3,(H,21,23,25). The van der Waals surface area contributed by atoms with E-state index < -0.39 is 10.8 Å². The third-order valence-corrected chi connectivity index (χ3v) is 7.89. The van der Waals surface area contributed by atoms with E-state index in [-0.39, 0.29) is 16.7 Å². The van der Waals surface area contributed by atoms with Crippen LogP contribution in [0.15, 0.2) is 18.2 Å². The second-order valence-corrected chi connectivity index (χ2v) is 9.80. The van der Waals surface area contributed by atoms with Crippen molar-refractivity contribution >= 4 is 28.1 Å². The van der Waals surface area contributed by atoms with E-state index in [0.717, 1.165) is 22.8 Å². The van der Waals surface area contributed by atoms with E-state index in [4.69, 9.17) is 0 Å². The lowest BCUT2D eigenvalue weighted by Crippen LogP contribution is -2.48. The number of nitrogens with one attached hydrogen (secondary N) is 1. The van der Waals surface area contributed by atoms with Crippen LogP contribution in [0.5, 0.6) is 0 Å². The first kappa shape index (κ1) is 17.7. The molecule has 0 atom stereocenters. The number of aromatic nitrogens is 2. The Hall–Kier alpha value is -2.35. The summed E-state index contributed by atoms with van der Waals surface area (Å²) in [5.41, 5.74) is 0.877. The highest BCUT2D eigenvalue weighted by Gasteiger charge is 2.53. The lowest BCUT2D eigenvalue weighted by molar-refractivity contribution is -0.385. The maximum absolute atomic E-state index is 12.6. The molecule has 0 unspecified atom stereocenters. The highest BCUT2D eigenvalue weighted by Crippen LogP contribution is 2.61. The number of benzene rings is 1.